The van der Waals surface area contributed by atoms with Crippen LogP contribution in [0.3, 0.4) is 0 Å². The van der Waals surface area contributed by atoms with Crippen LogP contribution in [0.2, 0.25) is 5.02 Å². The van der Waals surface area contributed by atoms with Crippen LogP contribution >= 0.6 is 11.6 Å². The van der Waals surface area contributed by atoms with Crippen LogP contribution in [0.25, 0.3) is 0 Å². The normalized spacial score (nSPS) is 32.5. The molecule has 214 valence electrons. The summed E-state index contributed by atoms with van der Waals surface area (Å²) in [5.41, 5.74) is 2.88. The highest BCUT2D eigenvalue weighted by atomic mass is 35.5. The van der Waals surface area contributed by atoms with Gasteiger partial charge in [0, 0.05) is 30.1 Å². The number of fused-ring (bicyclic) bond motifs is 4. The number of halogens is 1. The summed E-state index contributed by atoms with van der Waals surface area (Å²) < 4.78 is 35.3. The molecule has 6 rings (SSSR count). The van der Waals surface area contributed by atoms with E-state index in [-0.39, 0.29) is 22.1 Å². The van der Waals surface area contributed by atoms with Crippen LogP contribution in [-0.2, 0) is 26.7 Å². The Kier molecular flexibility index (Phi) is 7.36. The van der Waals surface area contributed by atoms with E-state index in [1.807, 2.05) is 12.1 Å². The minimum atomic E-state index is -4.11. The molecule has 0 radical (unpaired) electrons. The summed E-state index contributed by atoms with van der Waals surface area (Å²) in [6, 6.07) is 10.2. The largest absolute Gasteiger partial charge is 0.490 e. The number of ether oxygens (including phenoxy) is 1. The van der Waals surface area contributed by atoms with Gasteiger partial charge >= 0.3 is 0 Å². The molecule has 2 aromatic rings. The van der Waals surface area contributed by atoms with Gasteiger partial charge in [0.05, 0.1) is 29.3 Å². The summed E-state index contributed by atoms with van der Waals surface area (Å²) in [6.07, 6.45) is 7.85. The Morgan fingerprint density at radius 3 is 2.83 bits per heavy atom. The van der Waals surface area contributed by atoms with Crippen LogP contribution in [-0.4, -0.2) is 57.8 Å². The van der Waals surface area contributed by atoms with Gasteiger partial charge in [-0.25, -0.2) is 13.1 Å². The van der Waals surface area contributed by atoms with Crippen LogP contribution in [0, 0.1) is 11.8 Å². The van der Waals surface area contributed by atoms with Crippen LogP contribution in [0.15, 0.2) is 53.4 Å². The third kappa shape index (κ3) is 5.13. The smallest absolute Gasteiger partial charge is 0.264 e. The maximum Gasteiger partial charge on any atom is 0.264 e. The molecule has 2 aliphatic carbocycles. The number of hydrogen-bond donors (Lipinski definition) is 3. The minimum Gasteiger partial charge on any atom is -0.490 e. The Labute approximate surface area is 240 Å². The molecule has 2 aliphatic heterocycles. The monoisotopic (exact) mass is 585 g/mol. The van der Waals surface area contributed by atoms with Crippen molar-refractivity contribution in [1.82, 2.24) is 10.0 Å². The molecule has 3 N–H and O–H groups in total. The molecule has 1 saturated carbocycles. The second-order valence-corrected chi connectivity index (χ2v) is 13.9. The molecule has 10 heteroatoms. The van der Waals surface area contributed by atoms with Crippen molar-refractivity contribution in [2.45, 2.75) is 61.5 Å². The zero-order chi connectivity index (χ0) is 28.1. The summed E-state index contributed by atoms with van der Waals surface area (Å²) in [5.74, 6) is 0.337. The van der Waals surface area contributed by atoms with Gasteiger partial charge in [-0.3, -0.25) is 4.79 Å². The van der Waals surface area contributed by atoms with Crippen molar-refractivity contribution in [1.29, 1.82) is 0 Å². The highest BCUT2D eigenvalue weighted by Gasteiger charge is 2.44. The fourth-order valence-electron chi connectivity index (χ4n) is 6.78. The number of carbonyl (C=O) groups is 1. The highest BCUT2D eigenvalue weighted by molar-refractivity contribution is 7.90. The number of carbonyl (C=O) groups excluding carboxylic acids is 1. The lowest BCUT2D eigenvalue weighted by Gasteiger charge is -2.45. The number of aliphatic hydroxyl groups excluding tert-OH is 1. The molecule has 1 spiro atoms. The first kappa shape index (κ1) is 27.6. The Morgan fingerprint density at radius 2 is 2.02 bits per heavy atom. The maximum atomic E-state index is 13.3. The summed E-state index contributed by atoms with van der Waals surface area (Å²) in [4.78, 5) is 15.0. The number of nitrogens with one attached hydrogen (secondary N) is 2. The third-order valence-corrected chi connectivity index (χ3v) is 10.8. The third-order valence-electron chi connectivity index (χ3n) is 9.19. The Morgan fingerprint density at radius 1 is 1.18 bits per heavy atom. The first-order valence-corrected chi connectivity index (χ1v) is 16.0. The predicted octanol–water partition coefficient (Wildman–Crippen LogP) is 3.55. The van der Waals surface area contributed by atoms with Crippen molar-refractivity contribution in [2.75, 3.05) is 31.1 Å². The average molecular weight is 586 g/mol. The molecule has 5 atom stereocenters. The van der Waals surface area contributed by atoms with Crippen LogP contribution < -0.4 is 19.7 Å². The standard InChI is InChI=1S/C30H36ClN3O5S/c1-19-29(36)33-40(37,38)23-8-11-28-26(15-23)34(16-21-6-9-24(21)27(35)5-3-13-32-19)17-30(18-39-28)12-2-4-20-14-22(31)7-10-25(20)30/h3,5,7-8,10-11,14-15,19,21,24,27,32,35H,2,4,6,9,12-13,16-18H2,1H3,(H,33,36)/b5-3-/t19-,21-,24+,27-,30-/m0/s1. The van der Waals surface area contributed by atoms with Gasteiger partial charge in [-0.05, 0) is 92.3 Å². The molecule has 4 aliphatic rings. The van der Waals surface area contributed by atoms with Gasteiger partial charge in [0.25, 0.3) is 15.9 Å². The Hall–Kier alpha value is -2.59. The van der Waals surface area contributed by atoms with Gasteiger partial charge in [-0.15, -0.1) is 0 Å². The number of anilines is 1. The molecule has 40 heavy (non-hydrogen) atoms. The quantitative estimate of drug-likeness (QED) is 0.406. The van der Waals surface area contributed by atoms with E-state index in [1.54, 1.807) is 25.1 Å². The molecule has 0 aromatic heterocycles. The Bertz CT molecular complexity index is 1450. The molecule has 1 amide bonds. The van der Waals surface area contributed by atoms with E-state index < -0.39 is 28.1 Å². The van der Waals surface area contributed by atoms with Crippen molar-refractivity contribution in [3.63, 3.8) is 0 Å². The van der Waals surface area contributed by atoms with Crippen molar-refractivity contribution < 1.29 is 23.1 Å². The van der Waals surface area contributed by atoms with Crippen molar-refractivity contribution in [3.8, 4) is 5.75 Å². The van der Waals surface area contributed by atoms with E-state index in [0.29, 0.717) is 37.7 Å². The second-order valence-electron chi connectivity index (χ2n) is 11.8. The lowest BCUT2D eigenvalue weighted by Crippen LogP contribution is -2.49. The molecule has 2 heterocycles. The van der Waals surface area contributed by atoms with Crippen LogP contribution in [0.5, 0.6) is 5.75 Å². The van der Waals surface area contributed by atoms with E-state index in [0.717, 1.165) is 37.1 Å². The number of aliphatic hydroxyl groups is 1. The number of nitrogens with zero attached hydrogens (tertiary/aromatic N) is 1. The van der Waals surface area contributed by atoms with E-state index in [1.165, 1.54) is 17.2 Å². The molecule has 1 fully saturated rings. The zero-order valence-corrected chi connectivity index (χ0v) is 24.2. The van der Waals surface area contributed by atoms with Crippen molar-refractivity contribution in [3.05, 3.63) is 64.7 Å². The van der Waals surface area contributed by atoms with Gasteiger partial charge in [-0.1, -0.05) is 29.8 Å². The SMILES string of the molecule is C[C@@H]1NC/C=C\[C@H](O)[C@@H]2CC[C@H]2CN2C[C@@]3(CCCc4cc(Cl)ccc43)COc3ccc(cc32)S(=O)(=O)NC1=O. The molecule has 0 unspecified atom stereocenters. The van der Waals surface area contributed by atoms with Gasteiger partial charge in [0.2, 0.25) is 0 Å². The van der Waals surface area contributed by atoms with E-state index >= 15 is 0 Å². The number of aryl methyl sites for hydroxylation is 1. The van der Waals surface area contributed by atoms with E-state index in [2.05, 4.69) is 27.1 Å². The number of rotatable bonds is 0. The van der Waals surface area contributed by atoms with E-state index in [9.17, 15) is 18.3 Å². The summed E-state index contributed by atoms with van der Waals surface area (Å²) in [6.45, 7) is 3.75. The fourth-order valence-corrected chi connectivity index (χ4v) is 8.05. The molecular formula is C30H36ClN3O5S. The number of hydrogen-bond acceptors (Lipinski definition) is 7. The predicted molar refractivity (Wildman–Crippen MR) is 154 cm³/mol. The van der Waals surface area contributed by atoms with Gasteiger partial charge < -0.3 is 20.1 Å². The first-order chi connectivity index (χ1) is 19.1. The van der Waals surface area contributed by atoms with Gasteiger partial charge in [0.15, 0.2) is 0 Å². The fraction of sp³-hybridized carbons (Fsp3) is 0.500. The first-order valence-electron chi connectivity index (χ1n) is 14.1. The Balaban J connectivity index is 1.43. The van der Waals surface area contributed by atoms with Gasteiger partial charge in [0.1, 0.15) is 5.75 Å². The lowest BCUT2D eigenvalue weighted by atomic mass is 9.68. The van der Waals surface area contributed by atoms with Crippen LogP contribution in [0.1, 0.15) is 43.7 Å². The maximum absolute atomic E-state index is 13.3. The molecule has 2 aromatic carbocycles. The summed E-state index contributed by atoms with van der Waals surface area (Å²) in [7, 11) is -4.11. The van der Waals surface area contributed by atoms with E-state index in [4.69, 9.17) is 16.3 Å². The van der Waals surface area contributed by atoms with Crippen molar-refractivity contribution >= 4 is 33.2 Å². The zero-order valence-electron chi connectivity index (χ0n) is 22.6. The topological polar surface area (TPSA) is 108 Å². The van der Waals surface area contributed by atoms with Gasteiger partial charge in [-0.2, -0.15) is 0 Å². The lowest BCUT2D eigenvalue weighted by molar-refractivity contribution is -0.120. The second kappa shape index (κ2) is 10.7. The highest BCUT2D eigenvalue weighted by Crippen LogP contribution is 2.47. The molecular weight excluding hydrogens is 550 g/mol. The molecule has 0 saturated heterocycles. The van der Waals surface area contributed by atoms with Crippen molar-refractivity contribution in [2.24, 2.45) is 11.8 Å². The average Bonchev–Trinajstić information content (AvgIpc) is 3.05. The number of amides is 1. The number of benzene rings is 2. The molecule has 2 bridgehead atoms. The van der Waals surface area contributed by atoms with Crippen LogP contribution in [0.4, 0.5) is 5.69 Å². The minimum absolute atomic E-state index is 0.0179. The summed E-state index contributed by atoms with van der Waals surface area (Å²) >= 11 is 6.36. The molecule has 8 nitrogen and oxygen atoms in total. The number of sulfonamides is 1. The summed E-state index contributed by atoms with van der Waals surface area (Å²) in [5, 5.41) is 14.7.